The van der Waals surface area contributed by atoms with E-state index in [1.54, 1.807) is 6.07 Å². The molecule has 0 saturated carbocycles. The van der Waals surface area contributed by atoms with Crippen LogP contribution in [0.15, 0.2) is 12.1 Å². The van der Waals surface area contributed by atoms with Crippen molar-refractivity contribution >= 4 is 5.69 Å². The maximum absolute atomic E-state index is 13.7. The van der Waals surface area contributed by atoms with Gasteiger partial charge in [0.15, 0.2) is 0 Å². The van der Waals surface area contributed by atoms with E-state index in [4.69, 9.17) is 0 Å². The zero-order valence-corrected chi connectivity index (χ0v) is 12.5. The summed E-state index contributed by atoms with van der Waals surface area (Å²) in [5.74, 6) is -0.123. The van der Waals surface area contributed by atoms with Crippen molar-refractivity contribution in [1.29, 1.82) is 0 Å². The summed E-state index contributed by atoms with van der Waals surface area (Å²) in [7, 11) is 1.82. The first-order valence-electron chi connectivity index (χ1n) is 7.10. The van der Waals surface area contributed by atoms with Crippen molar-refractivity contribution in [1.82, 2.24) is 10.2 Å². The van der Waals surface area contributed by atoms with Gasteiger partial charge >= 0.3 is 0 Å². The van der Waals surface area contributed by atoms with Crippen LogP contribution in [0.1, 0.15) is 25.0 Å². The molecular weight excluding hydrogens is 241 g/mol. The first-order chi connectivity index (χ1) is 9.20. The third-order valence-electron chi connectivity index (χ3n) is 3.34. The summed E-state index contributed by atoms with van der Waals surface area (Å²) in [6.07, 6.45) is 0. The average Bonchev–Trinajstić information content (AvgIpc) is 2.47. The first-order valence-corrected chi connectivity index (χ1v) is 7.10. The van der Waals surface area contributed by atoms with Crippen LogP contribution >= 0.6 is 0 Å². The van der Waals surface area contributed by atoms with Crippen molar-refractivity contribution in [2.75, 3.05) is 38.5 Å². The van der Waals surface area contributed by atoms with Crippen LogP contribution in [0, 0.1) is 12.7 Å². The predicted octanol–water partition coefficient (Wildman–Crippen LogP) is 2.61. The van der Waals surface area contributed by atoms with Gasteiger partial charge in [0.25, 0.3) is 0 Å². The quantitative estimate of drug-likeness (QED) is 0.881. The van der Waals surface area contributed by atoms with Crippen LogP contribution in [0.25, 0.3) is 0 Å². The molecule has 1 aromatic carbocycles. The van der Waals surface area contributed by atoms with Gasteiger partial charge in [-0.2, -0.15) is 0 Å². The Morgan fingerprint density at radius 1 is 1.26 bits per heavy atom. The van der Waals surface area contributed by atoms with E-state index in [-0.39, 0.29) is 5.82 Å². The van der Waals surface area contributed by atoms with Gasteiger partial charge in [-0.3, -0.25) is 4.90 Å². The molecule has 1 aromatic rings. The molecule has 0 radical (unpaired) electrons. The molecule has 2 rings (SSSR count). The highest BCUT2D eigenvalue weighted by molar-refractivity contribution is 5.48. The summed E-state index contributed by atoms with van der Waals surface area (Å²) in [4.78, 5) is 2.36. The molecule has 1 saturated heterocycles. The molecule has 0 amide bonds. The molecule has 0 aromatic heterocycles. The van der Waals surface area contributed by atoms with Gasteiger partial charge in [0.2, 0.25) is 0 Å². The van der Waals surface area contributed by atoms with E-state index in [1.807, 2.05) is 33.9 Å². The number of halogens is 1. The third kappa shape index (κ3) is 4.48. The molecule has 0 aliphatic carbocycles. The molecule has 19 heavy (non-hydrogen) atoms. The molecule has 1 fully saturated rings. The number of hydrogen-bond acceptors (Lipinski definition) is 3. The lowest BCUT2D eigenvalue weighted by molar-refractivity contribution is 0.232. The Balaban J connectivity index is 0.000000861. The molecule has 0 spiro atoms. The highest BCUT2D eigenvalue weighted by Crippen LogP contribution is 2.20. The molecule has 1 aliphatic rings. The first kappa shape index (κ1) is 15.9. The van der Waals surface area contributed by atoms with E-state index < -0.39 is 0 Å². The van der Waals surface area contributed by atoms with Gasteiger partial charge in [0, 0.05) is 45.5 Å². The largest absolute Gasteiger partial charge is 0.388 e. The summed E-state index contributed by atoms with van der Waals surface area (Å²) >= 11 is 0. The highest BCUT2D eigenvalue weighted by Gasteiger charge is 2.13. The fourth-order valence-corrected chi connectivity index (χ4v) is 2.15. The number of hydrogen-bond donors (Lipinski definition) is 2. The molecule has 0 unspecified atom stereocenters. The van der Waals surface area contributed by atoms with Crippen LogP contribution in [-0.2, 0) is 6.54 Å². The van der Waals surface area contributed by atoms with Crippen LogP contribution in [0.3, 0.4) is 0 Å². The van der Waals surface area contributed by atoms with Crippen molar-refractivity contribution in [3.63, 3.8) is 0 Å². The molecule has 2 N–H and O–H groups in total. The minimum absolute atomic E-state index is 0.123. The predicted molar refractivity (Wildman–Crippen MR) is 80.2 cm³/mol. The molecule has 0 bridgehead atoms. The SMILES string of the molecule is CC.CNc1cc(F)c(C)c(CN2CCNCC2)c1. The van der Waals surface area contributed by atoms with Gasteiger partial charge in [-0.05, 0) is 30.2 Å². The van der Waals surface area contributed by atoms with Gasteiger partial charge < -0.3 is 10.6 Å². The van der Waals surface area contributed by atoms with Crippen LogP contribution in [-0.4, -0.2) is 38.1 Å². The van der Waals surface area contributed by atoms with Crippen LogP contribution in [0.5, 0.6) is 0 Å². The molecule has 1 aliphatic heterocycles. The van der Waals surface area contributed by atoms with E-state index in [2.05, 4.69) is 15.5 Å². The monoisotopic (exact) mass is 267 g/mol. The van der Waals surface area contributed by atoms with Gasteiger partial charge in [0.1, 0.15) is 5.82 Å². The molecule has 4 heteroatoms. The lowest BCUT2D eigenvalue weighted by Gasteiger charge is -2.28. The lowest BCUT2D eigenvalue weighted by atomic mass is 10.1. The van der Waals surface area contributed by atoms with Gasteiger partial charge in [-0.15, -0.1) is 0 Å². The Bertz CT molecular complexity index is 387. The number of nitrogens with one attached hydrogen (secondary N) is 2. The lowest BCUT2D eigenvalue weighted by Crippen LogP contribution is -2.43. The zero-order valence-electron chi connectivity index (χ0n) is 12.5. The Labute approximate surface area is 116 Å². The highest BCUT2D eigenvalue weighted by atomic mass is 19.1. The van der Waals surface area contributed by atoms with Crippen molar-refractivity contribution in [3.05, 3.63) is 29.1 Å². The second kappa shape index (κ2) is 8.12. The van der Waals surface area contributed by atoms with Gasteiger partial charge in [-0.25, -0.2) is 4.39 Å². The van der Waals surface area contributed by atoms with E-state index in [1.165, 1.54) is 0 Å². The number of piperazine rings is 1. The Morgan fingerprint density at radius 3 is 2.47 bits per heavy atom. The smallest absolute Gasteiger partial charge is 0.128 e. The van der Waals surface area contributed by atoms with E-state index >= 15 is 0 Å². The Morgan fingerprint density at radius 2 is 1.89 bits per heavy atom. The molecule has 3 nitrogen and oxygen atoms in total. The normalized spacial score (nSPS) is 15.6. The fraction of sp³-hybridized carbons (Fsp3) is 0.600. The number of anilines is 1. The number of benzene rings is 1. The van der Waals surface area contributed by atoms with E-state index in [0.29, 0.717) is 0 Å². The van der Waals surface area contributed by atoms with Crippen LogP contribution < -0.4 is 10.6 Å². The number of rotatable bonds is 3. The zero-order chi connectivity index (χ0) is 14.3. The minimum Gasteiger partial charge on any atom is -0.388 e. The van der Waals surface area contributed by atoms with Crippen LogP contribution in [0.4, 0.5) is 10.1 Å². The molecular formula is C15H26FN3. The van der Waals surface area contributed by atoms with E-state index in [0.717, 1.165) is 49.5 Å². The van der Waals surface area contributed by atoms with Crippen molar-refractivity contribution in [3.8, 4) is 0 Å². The van der Waals surface area contributed by atoms with Crippen molar-refractivity contribution in [2.45, 2.75) is 27.3 Å². The van der Waals surface area contributed by atoms with Gasteiger partial charge in [0.05, 0.1) is 0 Å². The summed E-state index contributed by atoms with van der Waals surface area (Å²) in [5, 5.41) is 6.32. The standard InChI is InChI=1S/C13H20FN3.C2H6/c1-10-11(7-12(15-2)8-13(10)14)9-17-5-3-16-4-6-17;1-2/h7-8,15-16H,3-6,9H2,1-2H3;1-2H3. The summed E-state index contributed by atoms with van der Waals surface area (Å²) < 4.78 is 13.7. The van der Waals surface area contributed by atoms with E-state index in [9.17, 15) is 4.39 Å². The van der Waals surface area contributed by atoms with Crippen LogP contribution in [0.2, 0.25) is 0 Å². The molecule has 1 heterocycles. The molecule has 0 atom stereocenters. The third-order valence-corrected chi connectivity index (χ3v) is 3.34. The van der Waals surface area contributed by atoms with Crippen molar-refractivity contribution < 1.29 is 4.39 Å². The maximum Gasteiger partial charge on any atom is 0.128 e. The average molecular weight is 267 g/mol. The van der Waals surface area contributed by atoms with Crippen molar-refractivity contribution in [2.24, 2.45) is 0 Å². The number of nitrogens with zero attached hydrogens (tertiary/aromatic N) is 1. The minimum atomic E-state index is -0.123. The second-order valence-corrected chi connectivity index (χ2v) is 4.52. The fourth-order valence-electron chi connectivity index (χ4n) is 2.15. The topological polar surface area (TPSA) is 27.3 Å². The molecule has 108 valence electrons. The Kier molecular flexibility index (Phi) is 6.81. The summed E-state index contributed by atoms with van der Waals surface area (Å²) in [5.41, 5.74) is 2.69. The summed E-state index contributed by atoms with van der Waals surface area (Å²) in [6.45, 7) is 10.8. The van der Waals surface area contributed by atoms with Gasteiger partial charge in [-0.1, -0.05) is 13.8 Å². The second-order valence-electron chi connectivity index (χ2n) is 4.52. The summed E-state index contributed by atoms with van der Waals surface area (Å²) in [6, 6.07) is 3.59. The maximum atomic E-state index is 13.7. The Hall–Kier alpha value is -1.13.